The van der Waals surface area contributed by atoms with Gasteiger partial charge in [-0.3, -0.25) is 9.69 Å². The highest BCUT2D eigenvalue weighted by molar-refractivity contribution is 8.18. The Labute approximate surface area is 172 Å². The lowest BCUT2D eigenvalue weighted by molar-refractivity contribution is -0.121. The zero-order valence-electron chi connectivity index (χ0n) is 16.2. The molecule has 29 heavy (non-hydrogen) atoms. The number of likely N-dealkylation sites (N-methyl/N-ethyl adjacent to an activating group) is 1. The molecular formula is C21H20N2O5S. The maximum absolute atomic E-state index is 12.6. The van der Waals surface area contributed by atoms with E-state index in [1.54, 1.807) is 55.6 Å². The van der Waals surface area contributed by atoms with Crippen LogP contribution in [0.5, 0.6) is 11.5 Å². The molecule has 0 atom stereocenters. The Hall–Kier alpha value is -3.26. The number of carbonyl (C=O) groups is 2. The lowest BCUT2D eigenvalue weighted by Crippen LogP contribution is -2.23. The average molecular weight is 412 g/mol. The van der Waals surface area contributed by atoms with Crippen molar-refractivity contribution >= 4 is 40.6 Å². The number of aliphatic imine (C=N–C) groups is 1. The van der Waals surface area contributed by atoms with E-state index in [1.165, 1.54) is 23.8 Å². The van der Waals surface area contributed by atoms with E-state index >= 15 is 0 Å². The van der Waals surface area contributed by atoms with Crippen molar-refractivity contribution in [1.82, 2.24) is 4.90 Å². The van der Waals surface area contributed by atoms with Crippen LogP contribution in [0.3, 0.4) is 0 Å². The first-order chi connectivity index (χ1) is 13.9. The summed E-state index contributed by atoms with van der Waals surface area (Å²) >= 11 is 1.20. The number of amidine groups is 1. The number of esters is 1. The van der Waals surface area contributed by atoms with Crippen LogP contribution in [0.15, 0.2) is 52.4 Å². The fourth-order valence-electron chi connectivity index (χ4n) is 2.62. The third-order valence-corrected chi connectivity index (χ3v) is 5.19. The van der Waals surface area contributed by atoms with Crippen molar-refractivity contribution in [3.05, 3.63) is 58.5 Å². The van der Waals surface area contributed by atoms with Gasteiger partial charge in [0.25, 0.3) is 5.91 Å². The summed E-state index contributed by atoms with van der Waals surface area (Å²) in [7, 11) is 2.95. The molecule has 1 N–H and O–H groups in total. The van der Waals surface area contributed by atoms with Crippen molar-refractivity contribution in [3.63, 3.8) is 0 Å². The molecule has 7 nitrogen and oxygen atoms in total. The molecule has 8 heteroatoms. The van der Waals surface area contributed by atoms with Gasteiger partial charge in [-0.1, -0.05) is 12.1 Å². The molecule has 1 fully saturated rings. The number of thioether (sulfide) groups is 1. The van der Waals surface area contributed by atoms with Crippen LogP contribution in [0.1, 0.15) is 22.8 Å². The Balaban J connectivity index is 1.86. The number of ether oxygens (including phenoxy) is 2. The summed E-state index contributed by atoms with van der Waals surface area (Å²) in [5.41, 5.74) is 1.51. The van der Waals surface area contributed by atoms with Crippen molar-refractivity contribution in [3.8, 4) is 11.5 Å². The number of amides is 1. The normalized spacial score (nSPS) is 16.5. The van der Waals surface area contributed by atoms with Crippen LogP contribution in [0.25, 0.3) is 6.08 Å². The molecular weight excluding hydrogens is 392 g/mol. The Kier molecular flexibility index (Phi) is 6.23. The average Bonchev–Trinajstić information content (AvgIpc) is 2.99. The third kappa shape index (κ3) is 4.43. The summed E-state index contributed by atoms with van der Waals surface area (Å²) in [6.07, 6.45) is 1.62. The highest BCUT2D eigenvalue weighted by atomic mass is 32.2. The standard InChI is InChI=1S/C21H20N2O5S/c1-4-28-16-7-5-6-14(18(16)24)12-17-19(25)23(2)21(29-17)22-15-10-8-13(9-11-15)20(26)27-3/h5-12,24H,4H2,1-3H3. The number of aromatic hydroxyl groups is 1. The minimum atomic E-state index is -0.425. The number of rotatable bonds is 5. The number of hydrogen-bond acceptors (Lipinski definition) is 7. The monoisotopic (exact) mass is 412 g/mol. The van der Waals surface area contributed by atoms with Crippen molar-refractivity contribution in [2.75, 3.05) is 20.8 Å². The van der Waals surface area contributed by atoms with Crippen LogP contribution in [0.2, 0.25) is 0 Å². The van der Waals surface area contributed by atoms with Crippen molar-refractivity contribution in [1.29, 1.82) is 0 Å². The van der Waals surface area contributed by atoms with E-state index in [0.717, 1.165) is 0 Å². The smallest absolute Gasteiger partial charge is 0.337 e. The molecule has 150 valence electrons. The molecule has 0 unspecified atom stereocenters. The highest BCUT2D eigenvalue weighted by Crippen LogP contribution is 2.37. The van der Waals surface area contributed by atoms with Gasteiger partial charge in [-0.05, 0) is 55.1 Å². The Bertz CT molecular complexity index is 999. The lowest BCUT2D eigenvalue weighted by Gasteiger charge is -2.08. The minimum absolute atomic E-state index is 0.0123. The van der Waals surface area contributed by atoms with Crippen LogP contribution < -0.4 is 4.74 Å². The SMILES string of the molecule is CCOc1cccc(C=C2SC(=Nc3ccc(C(=O)OC)cc3)N(C)C2=O)c1O. The lowest BCUT2D eigenvalue weighted by atomic mass is 10.1. The van der Waals surface area contributed by atoms with E-state index in [-0.39, 0.29) is 11.7 Å². The van der Waals surface area contributed by atoms with Crippen LogP contribution in [0, 0.1) is 0 Å². The molecule has 0 bridgehead atoms. The highest BCUT2D eigenvalue weighted by Gasteiger charge is 2.30. The maximum Gasteiger partial charge on any atom is 0.337 e. The molecule has 0 spiro atoms. The van der Waals surface area contributed by atoms with Crippen LogP contribution in [0.4, 0.5) is 5.69 Å². The molecule has 0 aliphatic carbocycles. The fourth-order valence-corrected chi connectivity index (χ4v) is 3.60. The fraction of sp³-hybridized carbons (Fsp3) is 0.190. The Morgan fingerprint density at radius 2 is 1.97 bits per heavy atom. The van der Waals surface area contributed by atoms with Gasteiger partial charge in [0.15, 0.2) is 16.7 Å². The Morgan fingerprint density at radius 3 is 2.62 bits per heavy atom. The number of methoxy groups -OCH3 is 1. The molecule has 1 heterocycles. The van der Waals surface area contributed by atoms with Crippen LogP contribution in [-0.2, 0) is 9.53 Å². The Morgan fingerprint density at radius 1 is 1.24 bits per heavy atom. The second-order valence-corrected chi connectivity index (χ2v) is 7.04. The number of hydrogen-bond donors (Lipinski definition) is 1. The molecule has 0 saturated carbocycles. The van der Waals surface area contributed by atoms with Gasteiger partial charge in [-0.15, -0.1) is 0 Å². The van der Waals surface area contributed by atoms with Gasteiger partial charge >= 0.3 is 5.97 Å². The number of para-hydroxylation sites is 1. The zero-order valence-corrected chi connectivity index (χ0v) is 17.0. The summed E-state index contributed by atoms with van der Waals surface area (Å²) in [5.74, 6) is -0.292. The largest absolute Gasteiger partial charge is 0.504 e. The molecule has 1 aliphatic heterocycles. The first kappa shape index (κ1) is 20.5. The first-order valence-electron chi connectivity index (χ1n) is 8.84. The molecule has 1 aliphatic rings. The quantitative estimate of drug-likeness (QED) is 0.593. The van der Waals surface area contributed by atoms with Crippen LogP contribution in [-0.4, -0.2) is 47.8 Å². The van der Waals surface area contributed by atoms with Gasteiger partial charge in [-0.25, -0.2) is 9.79 Å². The third-order valence-electron chi connectivity index (χ3n) is 4.13. The van der Waals surface area contributed by atoms with E-state index in [1.807, 2.05) is 6.92 Å². The molecule has 1 amide bonds. The summed E-state index contributed by atoms with van der Waals surface area (Å²) in [4.78, 5) is 30.5. The van der Waals surface area contributed by atoms with E-state index in [2.05, 4.69) is 9.73 Å². The number of benzene rings is 2. The van der Waals surface area contributed by atoms with E-state index in [4.69, 9.17) is 4.74 Å². The van der Waals surface area contributed by atoms with E-state index in [0.29, 0.717) is 39.2 Å². The maximum atomic E-state index is 12.6. The van der Waals surface area contributed by atoms with E-state index in [9.17, 15) is 14.7 Å². The zero-order chi connectivity index (χ0) is 21.0. The summed E-state index contributed by atoms with van der Waals surface area (Å²) in [5, 5.41) is 10.8. The number of phenolic OH excluding ortho intramolecular Hbond substituents is 1. The van der Waals surface area contributed by atoms with Gasteiger partial charge in [-0.2, -0.15) is 0 Å². The molecule has 1 saturated heterocycles. The van der Waals surface area contributed by atoms with Gasteiger partial charge in [0.2, 0.25) is 0 Å². The number of nitrogens with zero attached hydrogens (tertiary/aromatic N) is 2. The second-order valence-electron chi connectivity index (χ2n) is 6.03. The number of phenols is 1. The molecule has 0 aromatic heterocycles. The predicted molar refractivity (Wildman–Crippen MR) is 112 cm³/mol. The molecule has 0 radical (unpaired) electrons. The van der Waals surface area contributed by atoms with Crippen LogP contribution >= 0.6 is 11.8 Å². The van der Waals surface area contributed by atoms with Crippen molar-refractivity contribution < 1.29 is 24.2 Å². The summed E-state index contributed by atoms with van der Waals surface area (Å²) in [6.45, 7) is 2.26. The molecule has 2 aromatic carbocycles. The summed E-state index contributed by atoms with van der Waals surface area (Å²) in [6, 6.07) is 11.7. The van der Waals surface area contributed by atoms with Gasteiger partial charge in [0.1, 0.15) is 0 Å². The van der Waals surface area contributed by atoms with Crippen molar-refractivity contribution in [2.45, 2.75) is 6.92 Å². The van der Waals surface area contributed by atoms with Gasteiger partial charge < -0.3 is 14.6 Å². The van der Waals surface area contributed by atoms with Gasteiger partial charge in [0.05, 0.1) is 29.9 Å². The molecule has 3 rings (SSSR count). The topological polar surface area (TPSA) is 88.4 Å². The van der Waals surface area contributed by atoms with Gasteiger partial charge in [0, 0.05) is 12.6 Å². The first-order valence-corrected chi connectivity index (χ1v) is 9.65. The van der Waals surface area contributed by atoms with Crippen molar-refractivity contribution in [2.24, 2.45) is 4.99 Å². The minimum Gasteiger partial charge on any atom is -0.504 e. The molecule has 2 aromatic rings. The summed E-state index contributed by atoms with van der Waals surface area (Å²) < 4.78 is 10.1. The predicted octanol–water partition coefficient (Wildman–Crippen LogP) is 3.81. The van der Waals surface area contributed by atoms with E-state index < -0.39 is 5.97 Å². The second kappa shape index (κ2) is 8.83. The number of carbonyl (C=O) groups excluding carboxylic acids is 2.